The van der Waals surface area contributed by atoms with Crippen LogP contribution in [0.1, 0.15) is 104 Å². The fraction of sp³-hybridized carbons (Fsp3) is 0.719. The second-order valence-electron chi connectivity index (χ2n) is 11.6. The van der Waals surface area contributed by atoms with Gasteiger partial charge in [0.05, 0.1) is 17.5 Å². The van der Waals surface area contributed by atoms with Gasteiger partial charge in [-0.15, -0.1) is 11.3 Å². The number of carbonyl (C=O) groups is 2. The average molecular weight is 591 g/mol. The summed E-state index contributed by atoms with van der Waals surface area (Å²) in [6, 6.07) is -0.200. The lowest BCUT2D eigenvalue weighted by molar-refractivity contribution is -0.134. The fourth-order valence-electron chi connectivity index (χ4n) is 8.09. The summed E-state index contributed by atoms with van der Waals surface area (Å²) < 4.78 is 0.959. The monoisotopic (exact) mass is 590 g/mol. The number of carbonyl (C=O) groups excluding carboxylic acids is 1. The number of Topliss-reactive ketones (excluding diaryl/α,β-unsaturated/α-hetero) is 1. The van der Waals surface area contributed by atoms with E-state index in [9.17, 15) is 9.70 Å². The highest BCUT2D eigenvalue weighted by Crippen LogP contribution is 2.66. The van der Waals surface area contributed by atoms with E-state index < -0.39 is 5.97 Å². The van der Waals surface area contributed by atoms with Crippen LogP contribution in [0.5, 0.6) is 0 Å². The number of thioether (sulfide) groups is 1. The largest absolute Gasteiger partial charge is 0.481 e. The third kappa shape index (κ3) is 6.80. The summed E-state index contributed by atoms with van der Waals surface area (Å²) >= 11 is 3.25. The molecule has 6 unspecified atom stereocenters. The number of allylic oxidation sites excluding steroid dienone is 2. The maximum Gasteiger partial charge on any atom is 0.300 e. The fourth-order valence-corrected chi connectivity index (χ4v) is 10.2. The van der Waals surface area contributed by atoms with Crippen molar-refractivity contribution in [3.05, 3.63) is 33.7 Å². The van der Waals surface area contributed by atoms with Gasteiger partial charge in [-0.05, 0) is 86.5 Å². The molecule has 1 aromatic rings. The Morgan fingerprint density at radius 3 is 2.38 bits per heavy atom. The minimum atomic E-state index is -0.833. The molecule has 0 spiro atoms. The molecular weight excluding hydrogens is 540 g/mol. The molecule has 3 fully saturated rings. The minimum Gasteiger partial charge on any atom is -0.481 e. The van der Waals surface area contributed by atoms with Gasteiger partial charge >= 0.3 is 0 Å². The molecule has 8 heteroatoms. The number of nitroso groups, excluding NO2 is 1. The van der Waals surface area contributed by atoms with Crippen LogP contribution in [0.2, 0.25) is 0 Å². The molecule has 0 aromatic carbocycles. The molecule has 1 N–H and O–H groups in total. The van der Waals surface area contributed by atoms with Gasteiger partial charge in [-0.25, -0.2) is 4.98 Å². The van der Waals surface area contributed by atoms with Crippen LogP contribution in [-0.2, 0) is 16.0 Å². The van der Waals surface area contributed by atoms with Crippen LogP contribution in [0.3, 0.4) is 0 Å². The Hall–Kier alpha value is -1.80. The summed E-state index contributed by atoms with van der Waals surface area (Å²) in [4.78, 5) is 40.7. The van der Waals surface area contributed by atoms with E-state index >= 15 is 0 Å². The molecule has 7 atom stereocenters. The standard InChI is InChI=1S/C28H40N2O2S2.C2H4O2.C2H6/c1-7-17-11-12-18-19-13-14-20(23(31)16-33-26-29-21(8-2)24(9-3)34-26)28(19,6)15-22(30-32)25(18)27(17,5)10-4;1-2(3)4;1-2/h7-8,18-20,22,25H,2,9-16H2,1,3-6H3;1H3,(H,3,4);1-2H3/b17-7-;;/t18?,19?,20?,22-,25?,27?,28?;;/m0../s1. The van der Waals surface area contributed by atoms with E-state index in [-0.39, 0.29) is 22.8 Å². The van der Waals surface area contributed by atoms with E-state index in [1.165, 1.54) is 10.5 Å². The van der Waals surface area contributed by atoms with E-state index in [4.69, 9.17) is 9.90 Å². The van der Waals surface area contributed by atoms with E-state index in [0.29, 0.717) is 29.3 Å². The van der Waals surface area contributed by atoms with Gasteiger partial charge in [0.25, 0.3) is 5.97 Å². The molecule has 0 amide bonds. The van der Waals surface area contributed by atoms with Gasteiger partial charge in [-0.2, -0.15) is 4.91 Å². The van der Waals surface area contributed by atoms with E-state index in [0.717, 1.165) is 61.9 Å². The Labute approximate surface area is 249 Å². The Bertz CT molecular complexity index is 1080. The second-order valence-corrected chi connectivity index (χ2v) is 13.9. The molecule has 3 saturated carbocycles. The number of aliphatic carboxylic acids is 1. The van der Waals surface area contributed by atoms with Crippen molar-refractivity contribution in [1.29, 1.82) is 0 Å². The van der Waals surface area contributed by atoms with Gasteiger partial charge in [0.2, 0.25) is 0 Å². The van der Waals surface area contributed by atoms with Crippen molar-refractivity contribution < 1.29 is 14.7 Å². The Morgan fingerprint density at radius 2 is 1.88 bits per heavy atom. The van der Waals surface area contributed by atoms with E-state index in [2.05, 4.69) is 57.4 Å². The molecule has 0 aliphatic heterocycles. The number of rotatable bonds is 8. The first-order valence-corrected chi connectivity index (χ1v) is 16.8. The lowest BCUT2D eigenvalue weighted by Gasteiger charge is -2.58. The Morgan fingerprint density at radius 1 is 1.23 bits per heavy atom. The first-order chi connectivity index (χ1) is 19.0. The molecule has 40 heavy (non-hydrogen) atoms. The zero-order chi connectivity index (χ0) is 30.3. The lowest BCUT2D eigenvalue weighted by Crippen LogP contribution is -2.55. The summed E-state index contributed by atoms with van der Waals surface area (Å²) in [5.74, 6) is 1.28. The predicted molar refractivity (Wildman–Crippen MR) is 169 cm³/mol. The number of nitrogens with zero attached hydrogens (tertiary/aromatic N) is 2. The van der Waals surface area contributed by atoms with Crippen molar-refractivity contribution in [3.8, 4) is 0 Å². The second kappa shape index (κ2) is 14.9. The van der Waals surface area contributed by atoms with Crippen molar-refractivity contribution in [2.45, 2.75) is 111 Å². The number of fused-ring (bicyclic) bond motifs is 3. The smallest absolute Gasteiger partial charge is 0.300 e. The van der Waals surface area contributed by atoms with Gasteiger partial charge in [-0.3, -0.25) is 9.59 Å². The normalized spacial score (nSPS) is 33.4. The topological polar surface area (TPSA) is 96.7 Å². The van der Waals surface area contributed by atoms with Crippen LogP contribution in [0.15, 0.2) is 27.7 Å². The van der Waals surface area contributed by atoms with Crippen molar-refractivity contribution in [1.82, 2.24) is 4.98 Å². The third-order valence-corrected chi connectivity index (χ3v) is 12.2. The number of carboxylic acids is 1. The lowest BCUT2D eigenvalue weighted by atomic mass is 9.46. The van der Waals surface area contributed by atoms with E-state index in [1.54, 1.807) is 23.1 Å². The Balaban J connectivity index is 0.000000858. The number of thiazole rings is 1. The zero-order valence-electron chi connectivity index (χ0n) is 25.8. The Kier molecular flexibility index (Phi) is 12.8. The summed E-state index contributed by atoms with van der Waals surface area (Å²) in [6.07, 6.45) is 11.1. The number of aryl methyl sites for hydroxylation is 1. The van der Waals surface area contributed by atoms with Gasteiger partial charge in [-0.1, -0.05) is 76.7 Å². The van der Waals surface area contributed by atoms with Gasteiger partial charge in [0, 0.05) is 17.7 Å². The molecule has 0 radical (unpaired) electrons. The first-order valence-electron chi connectivity index (χ1n) is 15.0. The summed E-state index contributed by atoms with van der Waals surface area (Å²) in [5, 5.41) is 11.2. The average Bonchev–Trinajstić information content (AvgIpc) is 3.52. The van der Waals surface area contributed by atoms with Gasteiger partial charge < -0.3 is 5.11 Å². The summed E-state index contributed by atoms with van der Waals surface area (Å²) in [6.45, 7) is 20.2. The molecule has 6 nitrogen and oxygen atoms in total. The van der Waals surface area contributed by atoms with Gasteiger partial charge in [0.15, 0.2) is 4.34 Å². The van der Waals surface area contributed by atoms with Crippen LogP contribution in [0.4, 0.5) is 0 Å². The quantitative estimate of drug-likeness (QED) is 0.184. The molecular formula is C32H50N2O4S2. The third-order valence-electron chi connectivity index (χ3n) is 9.83. The van der Waals surface area contributed by atoms with Crippen molar-refractivity contribution in [2.24, 2.45) is 39.7 Å². The maximum absolute atomic E-state index is 13.6. The highest BCUT2D eigenvalue weighted by atomic mass is 32.2. The summed E-state index contributed by atoms with van der Waals surface area (Å²) in [5.41, 5.74) is 2.37. The highest BCUT2D eigenvalue weighted by molar-refractivity contribution is 8.01. The van der Waals surface area contributed by atoms with Crippen LogP contribution in [0, 0.1) is 39.4 Å². The molecule has 1 heterocycles. The first kappa shape index (κ1) is 34.4. The van der Waals surface area contributed by atoms with Crippen LogP contribution < -0.4 is 0 Å². The number of carboxylic acid groups (broad SMARTS) is 1. The van der Waals surface area contributed by atoms with E-state index in [1.807, 2.05) is 19.9 Å². The maximum atomic E-state index is 13.6. The number of ketones is 1. The SMILES string of the molecule is C=Cc1nc(SCC(=O)C2CCC3C4CC/C(=C/C)C(C)(CC)C4[C@@H](N=O)CC23C)sc1CC.CC.CC(=O)O. The molecule has 3 aliphatic rings. The van der Waals surface area contributed by atoms with Crippen molar-refractivity contribution >= 4 is 40.9 Å². The van der Waals surface area contributed by atoms with Crippen molar-refractivity contribution in [3.63, 3.8) is 0 Å². The number of hydrogen-bond acceptors (Lipinski definition) is 7. The van der Waals surface area contributed by atoms with Crippen LogP contribution in [0.25, 0.3) is 6.08 Å². The number of hydrogen-bond donors (Lipinski definition) is 1. The predicted octanol–water partition coefficient (Wildman–Crippen LogP) is 9.09. The molecule has 0 saturated heterocycles. The molecule has 3 aliphatic carbocycles. The molecule has 224 valence electrons. The molecule has 0 bridgehead atoms. The van der Waals surface area contributed by atoms with Crippen molar-refractivity contribution in [2.75, 3.05) is 5.75 Å². The molecule has 4 rings (SSSR count). The zero-order valence-corrected chi connectivity index (χ0v) is 27.4. The highest BCUT2D eigenvalue weighted by Gasteiger charge is 2.62. The molecule has 1 aromatic heterocycles. The van der Waals surface area contributed by atoms with Gasteiger partial charge in [0.1, 0.15) is 5.78 Å². The summed E-state index contributed by atoms with van der Waals surface area (Å²) in [7, 11) is 0. The minimum absolute atomic E-state index is 0.0238. The number of aromatic nitrogens is 1. The van der Waals surface area contributed by atoms with Crippen LogP contribution >= 0.6 is 23.1 Å². The van der Waals surface area contributed by atoms with Crippen LogP contribution in [-0.4, -0.2) is 33.6 Å².